The third kappa shape index (κ3) is 6.78. The Labute approximate surface area is 224 Å². The van der Waals surface area contributed by atoms with Crippen LogP contribution in [0.3, 0.4) is 0 Å². The Hall–Kier alpha value is -3.41. The molecule has 1 saturated heterocycles. The molecule has 1 fully saturated rings. The van der Waals surface area contributed by atoms with E-state index < -0.39 is 32.9 Å². The second-order valence-electron chi connectivity index (χ2n) is 9.39. The van der Waals surface area contributed by atoms with Gasteiger partial charge in [-0.1, -0.05) is 72.8 Å². The number of nitrogens with zero attached hydrogens (tertiary/aromatic N) is 1. The predicted octanol–water partition coefficient (Wildman–Crippen LogP) is 4.61. The molecule has 208 valence electrons. The molecule has 7 nitrogen and oxygen atoms in total. The number of piperidine rings is 1. The first-order valence-corrected chi connectivity index (χ1v) is 13.7. The SMILES string of the molecule is O=C(OCC1CCN(Cc2ccccc2)CC1)C(O)(c1ccccc1)c1ccc(OS(=O)(=O)C(F)(F)F)cc1. The summed E-state index contributed by atoms with van der Waals surface area (Å²) in [7, 11) is -5.87. The summed E-state index contributed by atoms with van der Waals surface area (Å²) in [5, 5.41) is 11.6. The third-order valence-electron chi connectivity index (χ3n) is 6.65. The van der Waals surface area contributed by atoms with E-state index in [1.54, 1.807) is 18.2 Å². The molecule has 3 aromatic rings. The molecule has 0 aromatic heterocycles. The topological polar surface area (TPSA) is 93.1 Å². The van der Waals surface area contributed by atoms with Crippen molar-refractivity contribution < 1.29 is 40.4 Å². The van der Waals surface area contributed by atoms with Crippen LogP contribution < -0.4 is 4.18 Å². The molecule has 0 bridgehead atoms. The molecule has 4 rings (SSSR count). The molecule has 1 unspecified atom stereocenters. The molecule has 0 amide bonds. The largest absolute Gasteiger partial charge is 0.534 e. The van der Waals surface area contributed by atoms with Gasteiger partial charge in [0.1, 0.15) is 5.75 Å². The van der Waals surface area contributed by atoms with E-state index in [0.717, 1.165) is 56.7 Å². The lowest BCUT2D eigenvalue weighted by molar-refractivity contribution is -0.164. The van der Waals surface area contributed by atoms with Crippen molar-refractivity contribution in [2.75, 3.05) is 19.7 Å². The first-order chi connectivity index (χ1) is 18.5. The summed E-state index contributed by atoms with van der Waals surface area (Å²) in [5.41, 5.74) is -6.49. The average molecular weight is 564 g/mol. The number of benzene rings is 3. The highest BCUT2D eigenvalue weighted by atomic mass is 32.2. The number of aliphatic hydroxyl groups is 1. The van der Waals surface area contributed by atoms with E-state index in [1.165, 1.54) is 17.7 Å². The van der Waals surface area contributed by atoms with Crippen LogP contribution in [0.5, 0.6) is 5.75 Å². The molecule has 39 heavy (non-hydrogen) atoms. The molecule has 11 heteroatoms. The molecule has 0 saturated carbocycles. The molecule has 1 aliphatic heterocycles. The van der Waals surface area contributed by atoms with Crippen LogP contribution in [0, 0.1) is 5.92 Å². The number of alkyl halides is 3. The summed E-state index contributed by atoms with van der Waals surface area (Å²) in [6.45, 7) is 2.61. The highest BCUT2D eigenvalue weighted by Crippen LogP contribution is 2.34. The second kappa shape index (κ2) is 11.8. The van der Waals surface area contributed by atoms with Gasteiger partial charge in [0.05, 0.1) is 6.61 Å². The van der Waals surface area contributed by atoms with Gasteiger partial charge in [0.15, 0.2) is 0 Å². The monoisotopic (exact) mass is 563 g/mol. The molecule has 1 N–H and O–H groups in total. The maximum absolute atomic E-state index is 13.3. The molecule has 1 aliphatic rings. The lowest BCUT2D eigenvalue weighted by Crippen LogP contribution is -2.40. The first-order valence-electron chi connectivity index (χ1n) is 12.3. The van der Waals surface area contributed by atoms with E-state index in [9.17, 15) is 31.5 Å². The molecule has 3 aromatic carbocycles. The normalized spacial score (nSPS) is 16.8. The number of carbonyl (C=O) groups excluding carboxylic acids is 1. The zero-order valence-electron chi connectivity index (χ0n) is 20.9. The van der Waals surface area contributed by atoms with E-state index in [-0.39, 0.29) is 23.7 Å². The zero-order valence-corrected chi connectivity index (χ0v) is 21.7. The number of esters is 1. The highest BCUT2D eigenvalue weighted by Gasteiger charge is 2.49. The van der Waals surface area contributed by atoms with E-state index in [2.05, 4.69) is 21.2 Å². The third-order valence-corrected chi connectivity index (χ3v) is 7.63. The maximum atomic E-state index is 13.3. The van der Waals surface area contributed by atoms with Crippen LogP contribution in [0.4, 0.5) is 13.2 Å². The molecule has 0 aliphatic carbocycles. The van der Waals surface area contributed by atoms with Crippen molar-refractivity contribution in [3.05, 3.63) is 102 Å². The number of carbonyl (C=O) groups is 1. The standard InChI is InChI=1S/C28H28F3NO6S/c29-28(30,31)39(35,36)38-25-13-11-24(12-14-25)27(34,23-9-5-2-6-10-23)26(33)37-20-22-15-17-32(18-16-22)19-21-7-3-1-4-8-21/h1-14,22,34H,15-20H2. The summed E-state index contributed by atoms with van der Waals surface area (Å²) in [6, 6.07) is 22.2. The van der Waals surface area contributed by atoms with Crippen molar-refractivity contribution >= 4 is 16.1 Å². The van der Waals surface area contributed by atoms with Gasteiger partial charge >= 0.3 is 21.6 Å². The van der Waals surface area contributed by atoms with Crippen molar-refractivity contribution in [1.82, 2.24) is 4.90 Å². The number of halogens is 3. The summed E-state index contributed by atoms with van der Waals surface area (Å²) in [4.78, 5) is 15.6. The van der Waals surface area contributed by atoms with Crippen LogP contribution in [-0.4, -0.2) is 49.6 Å². The smallest absolute Gasteiger partial charge is 0.463 e. The van der Waals surface area contributed by atoms with Gasteiger partial charge in [-0.2, -0.15) is 21.6 Å². The Morgan fingerprint density at radius 2 is 1.41 bits per heavy atom. The van der Waals surface area contributed by atoms with Crippen LogP contribution in [-0.2, 0) is 31.8 Å². The van der Waals surface area contributed by atoms with Crippen LogP contribution in [0.15, 0.2) is 84.9 Å². The molecule has 1 heterocycles. The highest BCUT2D eigenvalue weighted by molar-refractivity contribution is 7.88. The van der Waals surface area contributed by atoms with Gasteiger partial charge in [-0.3, -0.25) is 4.90 Å². The van der Waals surface area contributed by atoms with Crippen LogP contribution in [0.25, 0.3) is 0 Å². The number of hydrogen-bond acceptors (Lipinski definition) is 7. The minimum Gasteiger partial charge on any atom is -0.463 e. The van der Waals surface area contributed by atoms with Crippen molar-refractivity contribution in [1.29, 1.82) is 0 Å². The van der Waals surface area contributed by atoms with Gasteiger partial charge in [-0.05, 0) is 60.7 Å². The van der Waals surface area contributed by atoms with Crippen LogP contribution in [0.2, 0.25) is 0 Å². The van der Waals surface area contributed by atoms with Gasteiger partial charge < -0.3 is 14.0 Å². The van der Waals surface area contributed by atoms with Crippen LogP contribution in [0.1, 0.15) is 29.5 Å². The Kier molecular flexibility index (Phi) is 8.63. The number of hydrogen-bond donors (Lipinski definition) is 1. The molecule has 1 atom stereocenters. The minimum atomic E-state index is -5.87. The second-order valence-corrected chi connectivity index (χ2v) is 10.9. The van der Waals surface area contributed by atoms with Crippen LogP contribution >= 0.6 is 0 Å². The van der Waals surface area contributed by atoms with Crippen molar-refractivity contribution in [3.63, 3.8) is 0 Å². The van der Waals surface area contributed by atoms with E-state index in [4.69, 9.17) is 4.74 Å². The Balaban J connectivity index is 1.43. The lowest BCUT2D eigenvalue weighted by atomic mass is 9.86. The Bertz CT molecular complexity index is 1340. The summed E-state index contributed by atoms with van der Waals surface area (Å²) in [5.74, 6) is -1.47. The fourth-order valence-electron chi connectivity index (χ4n) is 4.46. The van der Waals surface area contributed by atoms with E-state index in [0.29, 0.717) is 0 Å². The van der Waals surface area contributed by atoms with Gasteiger partial charge in [-0.25, -0.2) is 4.79 Å². The number of ether oxygens (including phenoxy) is 1. The van der Waals surface area contributed by atoms with Gasteiger partial charge in [0.25, 0.3) is 0 Å². The van der Waals surface area contributed by atoms with E-state index >= 15 is 0 Å². The first kappa shape index (κ1) is 28.6. The summed E-state index contributed by atoms with van der Waals surface area (Å²) < 4.78 is 70.3. The lowest BCUT2D eigenvalue weighted by Gasteiger charge is -2.33. The summed E-state index contributed by atoms with van der Waals surface area (Å²) in [6.07, 6.45) is 1.62. The van der Waals surface area contributed by atoms with Gasteiger partial charge in [0, 0.05) is 6.54 Å². The fraction of sp³-hybridized carbons (Fsp3) is 0.321. The minimum absolute atomic E-state index is 0.0202. The molecule has 0 radical (unpaired) electrons. The van der Waals surface area contributed by atoms with Gasteiger partial charge in [-0.15, -0.1) is 0 Å². The van der Waals surface area contributed by atoms with Gasteiger partial charge in [0.2, 0.25) is 5.60 Å². The fourth-order valence-corrected chi connectivity index (χ4v) is 4.92. The quantitative estimate of drug-likeness (QED) is 0.231. The molecular formula is C28H28F3NO6S. The van der Waals surface area contributed by atoms with Crippen molar-refractivity contribution in [2.24, 2.45) is 5.92 Å². The molecule has 0 spiro atoms. The zero-order chi connectivity index (χ0) is 28.1. The Morgan fingerprint density at radius 3 is 1.97 bits per heavy atom. The van der Waals surface area contributed by atoms with Crippen molar-refractivity contribution in [3.8, 4) is 5.75 Å². The predicted molar refractivity (Wildman–Crippen MR) is 137 cm³/mol. The maximum Gasteiger partial charge on any atom is 0.534 e. The Morgan fingerprint density at radius 1 is 0.872 bits per heavy atom. The molecular weight excluding hydrogens is 535 g/mol. The number of likely N-dealkylation sites (tertiary alicyclic amines) is 1. The summed E-state index contributed by atoms with van der Waals surface area (Å²) >= 11 is 0. The number of rotatable bonds is 9. The average Bonchev–Trinajstić information content (AvgIpc) is 2.92. The van der Waals surface area contributed by atoms with E-state index in [1.807, 2.05) is 18.2 Å². The van der Waals surface area contributed by atoms with Crippen molar-refractivity contribution in [2.45, 2.75) is 30.5 Å².